The lowest BCUT2D eigenvalue weighted by Crippen LogP contribution is -2.15. The molecule has 0 aliphatic heterocycles. The Kier molecular flexibility index (Phi) is 3.88. The zero-order valence-corrected chi connectivity index (χ0v) is 9.65. The van der Waals surface area contributed by atoms with Gasteiger partial charge in [0.2, 0.25) is 0 Å². The molecule has 5 nitrogen and oxygen atoms in total. The van der Waals surface area contributed by atoms with E-state index in [0.717, 1.165) is 11.2 Å². The number of fused-ring (bicyclic) bond motifs is 1. The third kappa shape index (κ3) is 2.50. The van der Waals surface area contributed by atoms with Crippen LogP contribution in [0.15, 0.2) is 18.3 Å². The monoisotopic (exact) mass is 217 g/mol. The Bertz CT molecular complexity index is 507. The first kappa shape index (κ1) is 12.0. The van der Waals surface area contributed by atoms with Crippen LogP contribution in [0.5, 0.6) is 0 Å². The minimum atomic E-state index is -0.132. The molecule has 0 saturated carbocycles. The molecule has 5 heteroatoms. The van der Waals surface area contributed by atoms with E-state index in [1.54, 1.807) is 6.20 Å². The maximum atomic E-state index is 7.19. The number of hydrogen-bond acceptors (Lipinski definition) is 4. The molecule has 84 valence electrons. The van der Waals surface area contributed by atoms with Gasteiger partial charge >= 0.3 is 0 Å². The van der Waals surface area contributed by atoms with Crippen molar-refractivity contribution in [3.05, 3.63) is 29.8 Å². The van der Waals surface area contributed by atoms with E-state index < -0.39 is 0 Å². The van der Waals surface area contributed by atoms with E-state index in [9.17, 15) is 0 Å². The average molecular weight is 217 g/mol. The van der Waals surface area contributed by atoms with Crippen LogP contribution in [0.3, 0.4) is 0 Å². The van der Waals surface area contributed by atoms with Crippen LogP contribution in [-0.4, -0.2) is 20.8 Å². The minimum absolute atomic E-state index is 0.132. The molecule has 2 rings (SSSR count). The summed E-state index contributed by atoms with van der Waals surface area (Å²) in [4.78, 5) is 12.3. The van der Waals surface area contributed by atoms with Crippen LogP contribution in [0.2, 0.25) is 0 Å². The summed E-state index contributed by atoms with van der Waals surface area (Å²) in [5.74, 6) is 0.107. The Balaban J connectivity index is 0.000000606. The average Bonchev–Trinajstić information content (AvgIpc) is 2.30. The third-order valence-electron chi connectivity index (χ3n) is 1.82. The van der Waals surface area contributed by atoms with Gasteiger partial charge in [0.15, 0.2) is 11.7 Å². The molecule has 0 unspecified atom stereocenters. The Morgan fingerprint density at radius 1 is 1.19 bits per heavy atom. The fourth-order valence-electron chi connectivity index (χ4n) is 1.15. The fourth-order valence-corrected chi connectivity index (χ4v) is 1.15. The molecule has 0 spiro atoms. The molecule has 0 aliphatic carbocycles. The van der Waals surface area contributed by atoms with Crippen LogP contribution >= 0.6 is 0 Å². The van der Waals surface area contributed by atoms with Crippen LogP contribution < -0.4 is 5.73 Å². The molecule has 2 aromatic heterocycles. The van der Waals surface area contributed by atoms with E-state index >= 15 is 0 Å². The summed E-state index contributed by atoms with van der Waals surface area (Å²) in [6.45, 7) is 5.90. The maximum absolute atomic E-state index is 7.19. The first-order valence-electron chi connectivity index (χ1n) is 5.11. The number of nitrogens with one attached hydrogen (secondary N) is 1. The zero-order valence-electron chi connectivity index (χ0n) is 9.65. The van der Waals surface area contributed by atoms with Crippen molar-refractivity contribution in [2.24, 2.45) is 5.73 Å². The topological polar surface area (TPSA) is 88.5 Å². The number of pyridine rings is 1. The number of nitrogens with zero attached hydrogens (tertiary/aromatic N) is 3. The Morgan fingerprint density at radius 2 is 1.88 bits per heavy atom. The molecule has 2 aromatic rings. The van der Waals surface area contributed by atoms with Crippen LogP contribution in [0.1, 0.15) is 25.4 Å². The van der Waals surface area contributed by atoms with Crippen LogP contribution in [0.25, 0.3) is 11.0 Å². The molecule has 2 heterocycles. The van der Waals surface area contributed by atoms with Gasteiger partial charge in [0.25, 0.3) is 0 Å². The van der Waals surface area contributed by atoms with Gasteiger partial charge in [0, 0.05) is 5.69 Å². The minimum Gasteiger partial charge on any atom is -0.381 e. The molecule has 0 radical (unpaired) electrons. The molecule has 0 amide bonds. The molecular formula is C11H15N5. The van der Waals surface area contributed by atoms with Gasteiger partial charge in [-0.25, -0.2) is 15.0 Å². The van der Waals surface area contributed by atoms with E-state index in [1.165, 1.54) is 0 Å². The molecule has 0 atom stereocenters. The molecule has 0 bridgehead atoms. The predicted octanol–water partition coefficient (Wildman–Crippen LogP) is 1.64. The highest BCUT2D eigenvalue weighted by atomic mass is 14.9. The van der Waals surface area contributed by atoms with E-state index in [0.29, 0.717) is 5.52 Å². The molecule has 0 fully saturated rings. The summed E-state index contributed by atoms with van der Waals surface area (Å²) < 4.78 is 0. The van der Waals surface area contributed by atoms with Crippen molar-refractivity contribution in [2.75, 3.05) is 0 Å². The summed E-state index contributed by atoms with van der Waals surface area (Å²) in [7, 11) is 0. The summed E-state index contributed by atoms with van der Waals surface area (Å²) in [6.07, 6.45) is 1.58. The molecule has 3 N–H and O–H groups in total. The van der Waals surface area contributed by atoms with Crippen molar-refractivity contribution >= 4 is 16.9 Å². The predicted molar refractivity (Wildman–Crippen MR) is 64.4 cm³/mol. The Labute approximate surface area is 94.3 Å². The van der Waals surface area contributed by atoms with E-state index in [1.807, 2.05) is 32.9 Å². The Morgan fingerprint density at radius 3 is 2.50 bits per heavy atom. The second kappa shape index (κ2) is 5.16. The van der Waals surface area contributed by atoms with Gasteiger partial charge in [0.05, 0.1) is 11.7 Å². The van der Waals surface area contributed by atoms with E-state index in [-0.39, 0.29) is 11.7 Å². The number of nitrogens with two attached hydrogens (primary N) is 1. The molecular weight excluding hydrogens is 202 g/mol. The highest BCUT2D eigenvalue weighted by Crippen LogP contribution is 2.08. The van der Waals surface area contributed by atoms with Crippen LogP contribution in [0.4, 0.5) is 0 Å². The number of rotatable bonds is 1. The summed E-state index contributed by atoms with van der Waals surface area (Å²) >= 11 is 0. The zero-order chi connectivity index (χ0) is 12.1. The highest BCUT2D eigenvalue weighted by Gasteiger charge is 2.02. The van der Waals surface area contributed by atoms with Crippen molar-refractivity contribution in [1.29, 1.82) is 5.41 Å². The smallest absolute Gasteiger partial charge is 0.195 e. The van der Waals surface area contributed by atoms with Crippen molar-refractivity contribution in [2.45, 2.75) is 20.8 Å². The first-order chi connectivity index (χ1) is 7.66. The lowest BCUT2D eigenvalue weighted by atomic mass is 10.3. The van der Waals surface area contributed by atoms with Gasteiger partial charge in [-0.1, -0.05) is 13.8 Å². The quantitative estimate of drug-likeness (QED) is 0.561. The first-order valence-corrected chi connectivity index (χ1v) is 5.11. The van der Waals surface area contributed by atoms with Gasteiger partial charge in [-0.3, -0.25) is 5.41 Å². The van der Waals surface area contributed by atoms with Gasteiger partial charge in [-0.05, 0) is 19.1 Å². The third-order valence-corrected chi connectivity index (χ3v) is 1.82. The van der Waals surface area contributed by atoms with Crippen LogP contribution in [-0.2, 0) is 0 Å². The number of aryl methyl sites for hydroxylation is 1. The second-order valence-electron chi connectivity index (χ2n) is 2.96. The van der Waals surface area contributed by atoms with Gasteiger partial charge < -0.3 is 5.73 Å². The van der Waals surface area contributed by atoms with Crippen molar-refractivity contribution in [1.82, 2.24) is 15.0 Å². The number of amidine groups is 1. The lowest BCUT2D eigenvalue weighted by molar-refractivity contribution is 1.13. The number of aromatic nitrogens is 3. The van der Waals surface area contributed by atoms with Gasteiger partial charge in [-0.15, -0.1) is 0 Å². The lowest BCUT2D eigenvalue weighted by Gasteiger charge is -1.99. The van der Waals surface area contributed by atoms with Crippen molar-refractivity contribution in [3.8, 4) is 0 Å². The Hall–Kier alpha value is -2.04. The van der Waals surface area contributed by atoms with E-state index in [2.05, 4.69) is 15.0 Å². The SMILES string of the molecule is CC.Cc1ccc2nc(C(=N)N)ncc2n1. The standard InChI is InChI=1S/C9H9N5.C2H6/c1-5-2-3-6-7(13-5)4-12-9(14-6)8(10)11;1-2/h2-4H,1H3,(H3,10,11);1-2H3. The normalized spacial score (nSPS) is 9.44. The number of hydrogen-bond donors (Lipinski definition) is 2. The summed E-state index contributed by atoms with van der Waals surface area (Å²) in [5, 5.41) is 7.19. The second-order valence-corrected chi connectivity index (χ2v) is 2.96. The van der Waals surface area contributed by atoms with Gasteiger partial charge in [0.1, 0.15) is 5.52 Å². The molecule has 16 heavy (non-hydrogen) atoms. The van der Waals surface area contributed by atoms with E-state index in [4.69, 9.17) is 11.1 Å². The maximum Gasteiger partial charge on any atom is 0.195 e. The van der Waals surface area contributed by atoms with Gasteiger partial charge in [-0.2, -0.15) is 0 Å². The fraction of sp³-hybridized carbons (Fsp3) is 0.273. The molecule has 0 aliphatic rings. The van der Waals surface area contributed by atoms with Crippen molar-refractivity contribution in [3.63, 3.8) is 0 Å². The summed E-state index contributed by atoms with van der Waals surface area (Å²) in [5.41, 5.74) is 7.61. The summed E-state index contributed by atoms with van der Waals surface area (Å²) in [6, 6.07) is 3.70. The molecule has 0 saturated heterocycles. The van der Waals surface area contributed by atoms with Crippen molar-refractivity contribution < 1.29 is 0 Å². The van der Waals surface area contributed by atoms with Crippen LogP contribution in [0, 0.1) is 12.3 Å². The molecule has 0 aromatic carbocycles. The largest absolute Gasteiger partial charge is 0.381 e. The number of nitrogen functional groups attached to an aromatic ring is 1. The highest BCUT2D eigenvalue weighted by molar-refractivity contribution is 5.92.